The van der Waals surface area contributed by atoms with Crippen molar-refractivity contribution in [3.63, 3.8) is 0 Å². The van der Waals surface area contributed by atoms with Crippen LogP contribution >= 0.6 is 12.4 Å². The van der Waals surface area contributed by atoms with Crippen molar-refractivity contribution in [2.45, 2.75) is 33.7 Å². The average Bonchev–Trinajstić information content (AvgIpc) is 2.47. The number of aromatic nitrogens is 2. The molecule has 0 aliphatic rings. The molecular weight excluding hydrogens is 236 g/mol. The minimum absolute atomic E-state index is 0. The fourth-order valence-electron chi connectivity index (χ4n) is 1.25. The van der Waals surface area contributed by atoms with E-state index in [4.69, 9.17) is 0 Å². The van der Waals surface area contributed by atoms with Gasteiger partial charge in [-0.3, -0.25) is 0 Å². The summed E-state index contributed by atoms with van der Waals surface area (Å²) >= 11 is 0. The summed E-state index contributed by atoms with van der Waals surface area (Å²) in [4.78, 5) is 0. The molecule has 0 fully saturated rings. The zero-order valence-corrected chi connectivity index (χ0v) is 10.5. The Kier molecular flexibility index (Phi) is 6.33. The van der Waals surface area contributed by atoms with Gasteiger partial charge in [0.15, 0.2) is 0 Å². The van der Waals surface area contributed by atoms with Gasteiger partial charge in [0.05, 0.1) is 17.6 Å². The second-order valence-corrected chi connectivity index (χ2v) is 4.00. The summed E-state index contributed by atoms with van der Waals surface area (Å²) in [7, 11) is 0. The summed E-state index contributed by atoms with van der Waals surface area (Å²) in [6, 6.07) is 0. The average molecular weight is 254 g/mol. The first-order valence-electron chi connectivity index (χ1n) is 5.08. The van der Waals surface area contributed by atoms with E-state index in [2.05, 4.69) is 24.3 Å². The van der Waals surface area contributed by atoms with Crippen molar-refractivity contribution in [1.29, 1.82) is 0 Å². The zero-order chi connectivity index (χ0) is 11.4. The van der Waals surface area contributed by atoms with Crippen LogP contribution in [0.2, 0.25) is 0 Å². The lowest BCUT2D eigenvalue weighted by molar-refractivity contribution is 0.0563. The number of nitrogens with one attached hydrogen (secondary N) is 1. The maximum atomic E-state index is 12.3. The number of anilines is 1. The number of hydrogen-bond acceptors (Lipinski definition) is 2. The van der Waals surface area contributed by atoms with Crippen molar-refractivity contribution in [2.75, 3.05) is 11.9 Å². The topological polar surface area (TPSA) is 29.9 Å². The molecule has 1 aromatic rings. The van der Waals surface area contributed by atoms with E-state index in [0.717, 1.165) is 13.0 Å². The first-order chi connectivity index (χ1) is 7.00. The summed E-state index contributed by atoms with van der Waals surface area (Å²) in [5, 5.41) is 6.81. The van der Waals surface area contributed by atoms with Crippen molar-refractivity contribution in [1.82, 2.24) is 9.78 Å². The minimum Gasteiger partial charge on any atom is -0.382 e. The quantitative estimate of drug-likeness (QED) is 0.871. The molecule has 0 atom stereocenters. The van der Waals surface area contributed by atoms with Crippen LogP contribution in [0, 0.1) is 12.8 Å². The molecule has 1 rings (SSSR count). The summed E-state index contributed by atoms with van der Waals surface area (Å²) in [6.07, 6.45) is 2.36. The Morgan fingerprint density at radius 1 is 1.44 bits per heavy atom. The summed E-state index contributed by atoms with van der Waals surface area (Å²) < 4.78 is 25.2. The van der Waals surface area contributed by atoms with E-state index in [1.165, 1.54) is 6.20 Å². The van der Waals surface area contributed by atoms with E-state index in [1.807, 2.05) is 0 Å². The highest BCUT2D eigenvalue weighted by Crippen LogP contribution is 2.17. The smallest absolute Gasteiger partial charge is 0.333 e. The Hall–Kier alpha value is -0.840. The van der Waals surface area contributed by atoms with Gasteiger partial charge in [-0.1, -0.05) is 13.8 Å². The molecule has 0 saturated carbocycles. The molecule has 0 spiro atoms. The van der Waals surface area contributed by atoms with E-state index >= 15 is 0 Å². The van der Waals surface area contributed by atoms with Crippen molar-refractivity contribution in [3.05, 3.63) is 11.9 Å². The van der Waals surface area contributed by atoms with Crippen molar-refractivity contribution in [3.8, 4) is 0 Å². The second-order valence-electron chi connectivity index (χ2n) is 4.00. The predicted octanol–water partition coefficient (Wildman–Crippen LogP) is 3.47. The largest absolute Gasteiger partial charge is 0.382 e. The standard InChI is InChI=1S/C10H17F2N3.ClH/c1-7(2)4-5-13-9-6-15(10(11)12)14-8(9)3;/h6-7,10,13H,4-5H2,1-3H3;1H. The Labute approximate surface area is 101 Å². The molecule has 6 heteroatoms. The van der Waals surface area contributed by atoms with Gasteiger partial charge in [-0.05, 0) is 19.3 Å². The van der Waals surface area contributed by atoms with Crippen LogP contribution < -0.4 is 5.32 Å². The Morgan fingerprint density at radius 2 is 2.06 bits per heavy atom. The highest BCUT2D eigenvalue weighted by Gasteiger charge is 2.10. The number of rotatable bonds is 5. The molecule has 0 radical (unpaired) electrons. The van der Waals surface area contributed by atoms with Crippen molar-refractivity contribution >= 4 is 18.1 Å². The fourth-order valence-corrected chi connectivity index (χ4v) is 1.25. The van der Waals surface area contributed by atoms with Gasteiger partial charge in [-0.15, -0.1) is 12.4 Å². The summed E-state index contributed by atoms with van der Waals surface area (Å²) in [5.74, 6) is 0.600. The highest BCUT2D eigenvalue weighted by atomic mass is 35.5. The number of alkyl halides is 2. The second kappa shape index (κ2) is 6.68. The molecular formula is C10H18ClF2N3. The van der Waals surface area contributed by atoms with Crippen LogP contribution in [0.1, 0.15) is 32.5 Å². The third-order valence-electron chi connectivity index (χ3n) is 2.15. The van der Waals surface area contributed by atoms with Gasteiger partial charge >= 0.3 is 6.55 Å². The van der Waals surface area contributed by atoms with Crippen molar-refractivity contribution < 1.29 is 8.78 Å². The fraction of sp³-hybridized carbons (Fsp3) is 0.700. The van der Waals surface area contributed by atoms with Crippen LogP contribution in [0.15, 0.2) is 6.20 Å². The lowest BCUT2D eigenvalue weighted by Crippen LogP contribution is -2.04. The van der Waals surface area contributed by atoms with Crippen LogP contribution in [0.5, 0.6) is 0 Å². The molecule has 94 valence electrons. The first kappa shape index (κ1) is 15.2. The van der Waals surface area contributed by atoms with Gasteiger partial charge in [-0.2, -0.15) is 13.9 Å². The van der Waals surface area contributed by atoms with Crippen LogP contribution in [0.25, 0.3) is 0 Å². The highest BCUT2D eigenvalue weighted by molar-refractivity contribution is 5.85. The molecule has 1 N–H and O–H groups in total. The van der Waals surface area contributed by atoms with Crippen LogP contribution in [0.3, 0.4) is 0 Å². The van der Waals surface area contributed by atoms with E-state index in [0.29, 0.717) is 22.0 Å². The molecule has 0 amide bonds. The van der Waals surface area contributed by atoms with Crippen molar-refractivity contribution in [2.24, 2.45) is 5.92 Å². The molecule has 16 heavy (non-hydrogen) atoms. The number of hydrogen-bond donors (Lipinski definition) is 1. The van der Waals surface area contributed by atoms with Gasteiger partial charge in [0.25, 0.3) is 0 Å². The maximum Gasteiger partial charge on any atom is 0.333 e. The van der Waals surface area contributed by atoms with Crippen LogP contribution in [0.4, 0.5) is 14.5 Å². The zero-order valence-electron chi connectivity index (χ0n) is 9.70. The third kappa shape index (κ3) is 4.35. The van der Waals surface area contributed by atoms with E-state index in [1.54, 1.807) is 6.92 Å². The van der Waals surface area contributed by atoms with Crippen LogP contribution in [-0.2, 0) is 0 Å². The van der Waals surface area contributed by atoms with E-state index < -0.39 is 6.55 Å². The summed E-state index contributed by atoms with van der Waals surface area (Å²) in [5.41, 5.74) is 1.30. The monoisotopic (exact) mass is 253 g/mol. The lowest BCUT2D eigenvalue weighted by atomic mass is 10.1. The van der Waals surface area contributed by atoms with Gasteiger partial charge in [0.1, 0.15) is 0 Å². The van der Waals surface area contributed by atoms with Gasteiger partial charge in [0, 0.05) is 6.54 Å². The predicted molar refractivity (Wildman–Crippen MR) is 63.4 cm³/mol. The third-order valence-corrected chi connectivity index (χ3v) is 2.15. The molecule has 1 heterocycles. The Morgan fingerprint density at radius 3 is 2.50 bits per heavy atom. The summed E-state index contributed by atoms with van der Waals surface area (Å²) in [6.45, 7) is 4.18. The lowest BCUT2D eigenvalue weighted by Gasteiger charge is -2.06. The SMILES string of the molecule is Cc1nn(C(F)F)cc1NCCC(C)C.Cl. The molecule has 3 nitrogen and oxygen atoms in total. The first-order valence-corrected chi connectivity index (χ1v) is 5.08. The molecule has 0 saturated heterocycles. The Bertz CT molecular complexity index is 313. The molecule has 0 aliphatic heterocycles. The maximum absolute atomic E-state index is 12.3. The van der Waals surface area contributed by atoms with Gasteiger partial charge in [-0.25, -0.2) is 4.68 Å². The minimum atomic E-state index is -2.57. The Balaban J connectivity index is 0.00000225. The molecule has 0 aromatic carbocycles. The molecule has 0 bridgehead atoms. The van der Waals surface area contributed by atoms with Gasteiger partial charge < -0.3 is 5.32 Å². The number of nitrogens with zero attached hydrogens (tertiary/aromatic N) is 2. The normalized spacial score (nSPS) is 10.7. The van der Waals surface area contributed by atoms with Gasteiger partial charge in [0.2, 0.25) is 0 Å². The number of aryl methyl sites for hydroxylation is 1. The molecule has 0 aliphatic carbocycles. The van der Waals surface area contributed by atoms with E-state index in [9.17, 15) is 8.78 Å². The molecule has 1 aromatic heterocycles. The van der Waals surface area contributed by atoms with Crippen LogP contribution in [-0.4, -0.2) is 16.3 Å². The van der Waals surface area contributed by atoms with E-state index in [-0.39, 0.29) is 12.4 Å². The molecule has 0 unspecified atom stereocenters. The number of halogens is 3.